The monoisotopic (exact) mass is 152 g/mol. The molecule has 0 aromatic heterocycles. The maximum atomic E-state index is 10.6. The van der Waals surface area contributed by atoms with Gasteiger partial charge in [0, 0.05) is 5.92 Å². The maximum Gasteiger partial charge on any atom is 0.307 e. The van der Waals surface area contributed by atoms with Crippen LogP contribution in [0, 0.1) is 11.8 Å². The molecule has 0 fully saturated rings. The van der Waals surface area contributed by atoms with Crippen LogP contribution in [0.3, 0.4) is 0 Å². The molecule has 0 saturated carbocycles. The van der Waals surface area contributed by atoms with Crippen molar-refractivity contribution in [1.82, 2.24) is 0 Å². The Balaban J connectivity index is 2.62. The fraction of sp³-hybridized carbons (Fsp3) is 0.444. The fourth-order valence-corrected chi connectivity index (χ4v) is 1.33. The second-order valence-electron chi connectivity index (χ2n) is 2.70. The normalized spacial score (nSPS) is 19.0. The van der Waals surface area contributed by atoms with E-state index in [9.17, 15) is 4.79 Å². The van der Waals surface area contributed by atoms with E-state index in [1.165, 1.54) is 0 Å². The predicted molar refractivity (Wildman–Crippen MR) is 43.2 cm³/mol. The highest BCUT2D eigenvalue weighted by atomic mass is 16.4. The summed E-state index contributed by atoms with van der Waals surface area (Å²) >= 11 is 0. The Bertz CT molecular complexity index is 192. The Morgan fingerprint density at radius 1 is 1.55 bits per heavy atom. The van der Waals surface area contributed by atoms with Crippen LogP contribution in [0.15, 0.2) is 24.3 Å². The molecule has 0 bridgehead atoms. The van der Waals surface area contributed by atoms with Crippen LogP contribution in [0.4, 0.5) is 0 Å². The summed E-state index contributed by atoms with van der Waals surface area (Å²) in [5.41, 5.74) is 0. The first-order chi connectivity index (χ1) is 5.25. The summed E-state index contributed by atoms with van der Waals surface area (Å²) in [6.07, 6.45) is 8.35. The van der Waals surface area contributed by atoms with Gasteiger partial charge in [-0.3, -0.25) is 4.79 Å². The van der Waals surface area contributed by atoms with Gasteiger partial charge in [-0.15, -0.1) is 0 Å². The lowest BCUT2D eigenvalue weighted by Gasteiger charge is -2.13. The van der Waals surface area contributed by atoms with Gasteiger partial charge >= 0.3 is 5.97 Å². The Kier molecular flexibility index (Phi) is 2.47. The molecule has 1 atom stereocenters. The second kappa shape index (κ2) is 3.37. The largest absolute Gasteiger partial charge is 0.481 e. The number of allylic oxidation sites excluding steroid dienone is 4. The second-order valence-corrected chi connectivity index (χ2v) is 2.70. The number of hydrogen-bond donors (Lipinski definition) is 1. The van der Waals surface area contributed by atoms with Gasteiger partial charge in [-0.2, -0.15) is 0 Å². The van der Waals surface area contributed by atoms with E-state index in [0.717, 1.165) is 0 Å². The zero-order valence-corrected chi connectivity index (χ0v) is 6.53. The first-order valence-corrected chi connectivity index (χ1v) is 3.83. The Morgan fingerprint density at radius 3 is 2.45 bits per heavy atom. The van der Waals surface area contributed by atoms with Crippen molar-refractivity contribution < 1.29 is 9.90 Å². The summed E-state index contributed by atoms with van der Waals surface area (Å²) in [6.45, 7) is 1.90. The first kappa shape index (κ1) is 8.05. The topological polar surface area (TPSA) is 37.3 Å². The quantitative estimate of drug-likeness (QED) is 0.670. The van der Waals surface area contributed by atoms with Gasteiger partial charge in [0.05, 0.1) is 5.92 Å². The molecule has 0 saturated heterocycles. The zero-order chi connectivity index (χ0) is 8.27. The minimum Gasteiger partial charge on any atom is -0.481 e. The highest BCUT2D eigenvalue weighted by Crippen LogP contribution is 2.22. The minimum atomic E-state index is -0.700. The molecule has 11 heavy (non-hydrogen) atoms. The molecule has 2 nitrogen and oxygen atoms in total. The molecule has 0 spiro atoms. The van der Waals surface area contributed by atoms with Crippen LogP contribution < -0.4 is 0 Å². The molecule has 1 aliphatic rings. The molecule has 1 aliphatic carbocycles. The van der Waals surface area contributed by atoms with Gasteiger partial charge in [-0.25, -0.2) is 0 Å². The van der Waals surface area contributed by atoms with Crippen LogP contribution in [-0.2, 0) is 4.79 Å². The highest BCUT2D eigenvalue weighted by Gasteiger charge is 2.23. The molecule has 60 valence electrons. The lowest BCUT2D eigenvalue weighted by Crippen LogP contribution is -2.19. The molecule has 1 rings (SSSR count). The van der Waals surface area contributed by atoms with Crippen LogP contribution in [0.25, 0.3) is 0 Å². The van der Waals surface area contributed by atoms with Gasteiger partial charge in [0.25, 0.3) is 0 Å². The van der Waals surface area contributed by atoms with Crippen molar-refractivity contribution >= 4 is 5.97 Å². The van der Waals surface area contributed by atoms with Crippen molar-refractivity contribution in [3.05, 3.63) is 24.3 Å². The zero-order valence-electron chi connectivity index (χ0n) is 6.53. The van der Waals surface area contributed by atoms with Gasteiger partial charge in [-0.05, 0) is 6.42 Å². The molecule has 0 heterocycles. The lowest BCUT2D eigenvalue weighted by atomic mass is 9.91. The molecule has 1 unspecified atom stereocenters. The first-order valence-electron chi connectivity index (χ1n) is 3.83. The minimum absolute atomic E-state index is 0.109. The van der Waals surface area contributed by atoms with Crippen LogP contribution in [0.5, 0.6) is 0 Å². The summed E-state index contributed by atoms with van der Waals surface area (Å²) < 4.78 is 0. The third kappa shape index (κ3) is 1.70. The summed E-state index contributed by atoms with van der Waals surface area (Å²) in [6, 6.07) is 0. The van der Waals surface area contributed by atoms with E-state index < -0.39 is 5.97 Å². The molecule has 0 aromatic carbocycles. The van der Waals surface area contributed by atoms with Crippen LogP contribution >= 0.6 is 0 Å². The molecule has 0 aliphatic heterocycles. The van der Waals surface area contributed by atoms with E-state index >= 15 is 0 Å². The van der Waals surface area contributed by atoms with E-state index in [2.05, 4.69) is 0 Å². The number of rotatable bonds is 3. The van der Waals surface area contributed by atoms with Crippen molar-refractivity contribution in [2.75, 3.05) is 0 Å². The average Bonchev–Trinajstić information content (AvgIpc) is 2.40. The van der Waals surface area contributed by atoms with E-state index in [-0.39, 0.29) is 11.8 Å². The van der Waals surface area contributed by atoms with E-state index in [4.69, 9.17) is 5.11 Å². The van der Waals surface area contributed by atoms with Crippen molar-refractivity contribution in [3.63, 3.8) is 0 Å². The van der Waals surface area contributed by atoms with E-state index in [1.807, 2.05) is 31.2 Å². The van der Waals surface area contributed by atoms with Crippen molar-refractivity contribution in [2.45, 2.75) is 13.3 Å². The summed E-state index contributed by atoms with van der Waals surface area (Å²) in [4.78, 5) is 10.6. The number of carbonyl (C=O) groups is 1. The van der Waals surface area contributed by atoms with E-state index in [1.54, 1.807) is 0 Å². The SMILES string of the molecule is CCC(C(=O)O)C1C=CC=C1. The molecule has 2 heteroatoms. The van der Waals surface area contributed by atoms with Gasteiger partial charge in [0.1, 0.15) is 0 Å². The highest BCUT2D eigenvalue weighted by molar-refractivity contribution is 5.71. The Hall–Kier alpha value is -1.05. The van der Waals surface area contributed by atoms with Crippen molar-refractivity contribution in [1.29, 1.82) is 0 Å². The smallest absolute Gasteiger partial charge is 0.307 e. The van der Waals surface area contributed by atoms with Gasteiger partial charge in [0.15, 0.2) is 0 Å². The molecule has 0 aromatic rings. The molecule has 1 N–H and O–H groups in total. The Labute approximate surface area is 66.2 Å². The summed E-state index contributed by atoms with van der Waals surface area (Å²) in [5.74, 6) is -0.837. The summed E-state index contributed by atoms with van der Waals surface area (Å²) in [7, 11) is 0. The van der Waals surface area contributed by atoms with Gasteiger partial charge < -0.3 is 5.11 Å². The molecular weight excluding hydrogens is 140 g/mol. The van der Waals surface area contributed by atoms with Gasteiger partial charge in [-0.1, -0.05) is 31.2 Å². The predicted octanol–water partition coefficient (Wildman–Crippen LogP) is 1.84. The lowest BCUT2D eigenvalue weighted by molar-refractivity contribution is -0.142. The third-order valence-electron chi connectivity index (χ3n) is 2.00. The Morgan fingerprint density at radius 2 is 2.09 bits per heavy atom. The third-order valence-corrected chi connectivity index (χ3v) is 2.00. The molecule has 0 radical (unpaired) electrons. The standard InChI is InChI=1S/C9H12O2/c1-2-8(9(10)11)7-5-3-4-6-7/h3-8H,2H2,1H3,(H,10,11). The van der Waals surface area contributed by atoms with Crippen molar-refractivity contribution in [3.8, 4) is 0 Å². The number of carboxylic acids is 1. The average molecular weight is 152 g/mol. The van der Waals surface area contributed by atoms with Crippen molar-refractivity contribution in [2.24, 2.45) is 11.8 Å². The molecular formula is C9H12O2. The van der Waals surface area contributed by atoms with Crippen LogP contribution in [0.1, 0.15) is 13.3 Å². The number of carboxylic acid groups (broad SMARTS) is 1. The van der Waals surface area contributed by atoms with Crippen LogP contribution in [-0.4, -0.2) is 11.1 Å². The van der Waals surface area contributed by atoms with E-state index in [0.29, 0.717) is 6.42 Å². The number of aliphatic carboxylic acids is 1. The molecule has 0 amide bonds. The summed E-state index contributed by atoms with van der Waals surface area (Å²) in [5, 5.41) is 8.77. The van der Waals surface area contributed by atoms with Gasteiger partial charge in [0.2, 0.25) is 0 Å². The fourth-order valence-electron chi connectivity index (χ4n) is 1.33. The van der Waals surface area contributed by atoms with Crippen LogP contribution in [0.2, 0.25) is 0 Å². The maximum absolute atomic E-state index is 10.6. The number of hydrogen-bond acceptors (Lipinski definition) is 1.